The number of anilines is 1. The number of nitrogens with zero attached hydrogens (tertiary/aromatic N) is 1. The minimum Gasteiger partial charge on any atom is -0.454 e. The third-order valence-electron chi connectivity index (χ3n) is 7.03. The summed E-state index contributed by atoms with van der Waals surface area (Å²) in [5, 5.41) is 2.07. The van der Waals surface area contributed by atoms with Gasteiger partial charge >= 0.3 is 12.1 Å². The Hall–Kier alpha value is -2.62. The number of halogens is 4. The lowest BCUT2D eigenvalue weighted by atomic mass is 9.81. The number of ether oxygens (including phenoxy) is 1. The van der Waals surface area contributed by atoms with Gasteiger partial charge in [-0.25, -0.2) is 4.79 Å². The van der Waals surface area contributed by atoms with E-state index in [4.69, 9.17) is 16.3 Å². The first kappa shape index (κ1) is 24.5. The van der Waals surface area contributed by atoms with Crippen LogP contribution in [0.4, 0.5) is 18.9 Å². The van der Waals surface area contributed by atoms with Crippen molar-refractivity contribution in [1.82, 2.24) is 4.90 Å². The van der Waals surface area contributed by atoms with Gasteiger partial charge in [0.2, 0.25) is 11.8 Å². The van der Waals surface area contributed by atoms with Crippen LogP contribution in [-0.4, -0.2) is 41.2 Å². The van der Waals surface area contributed by atoms with Crippen LogP contribution in [-0.2, 0) is 30.1 Å². The number of likely N-dealkylation sites (tertiary alicyclic amines) is 1. The zero-order chi connectivity index (χ0) is 24.9. The molecule has 0 aromatic heterocycles. The Balaban J connectivity index is 1.42. The molecule has 1 N–H and O–H groups in total. The summed E-state index contributed by atoms with van der Waals surface area (Å²) >= 11 is 5.87. The molecule has 1 heterocycles. The largest absolute Gasteiger partial charge is 0.454 e. The van der Waals surface area contributed by atoms with Crippen LogP contribution < -0.4 is 5.32 Å². The minimum absolute atomic E-state index is 0.123. The van der Waals surface area contributed by atoms with Gasteiger partial charge < -0.3 is 10.1 Å². The molecule has 7 nitrogen and oxygen atoms in total. The van der Waals surface area contributed by atoms with Crippen molar-refractivity contribution in [3.05, 3.63) is 28.8 Å². The number of hydrogen-bond acceptors (Lipinski definition) is 5. The van der Waals surface area contributed by atoms with Crippen LogP contribution >= 0.6 is 11.6 Å². The molecule has 0 spiro atoms. The molecule has 2 bridgehead atoms. The highest BCUT2D eigenvalue weighted by Crippen LogP contribution is 2.56. The Morgan fingerprint density at radius 2 is 1.74 bits per heavy atom. The van der Waals surface area contributed by atoms with Gasteiger partial charge in [-0.05, 0) is 55.2 Å². The number of esters is 1. The minimum atomic E-state index is -4.63. The first-order valence-electron chi connectivity index (χ1n) is 11.1. The average Bonchev–Trinajstić information content (AvgIpc) is 3.43. The normalized spacial score (nSPS) is 26.7. The predicted molar refractivity (Wildman–Crippen MR) is 114 cm³/mol. The Kier molecular flexibility index (Phi) is 6.39. The molecule has 34 heavy (non-hydrogen) atoms. The van der Waals surface area contributed by atoms with E-state index in [1.165, 1.54) is 0 Å². The van der Waals surface area contributed by atoms with E-state index in [-0.39, 0.29) is 34.4 Å². The fourth-order valence-electron chi connectivity index (χ4n) is 5.59. The van der Waals surface area contributed by atoms with E-state index in [9.17, 15) is 32.3 Å². The molecular weight excluding hydrogens is 477 g/mol. The van der Waals surface area contributed by atoms with Crippen LogP contribution in [0, 0.1) is 29.6 Å². The van der Waals surface area contributed by atoms with Crippen LogP contribution in [0.3, 0.4) is 0 Å². The lowest BCUT2D eigenvalue weighted by Gasteiger charge is -2.28. The highest BCUT2D eigenvalue weighted by Gasteiger charge is 2.62. The van der Waals surface area contributed by atoms with E-state index in [1.807, 2.05) is 0 Å². The second-order valence-electron chi connectivity index (χ2n) is 9.47. The van der Waals surface area contributed by atoms with E-state index >= 15 is 0 Å². The van der Waals surface area contributed by atoms with Gasteiger partial charge in [0.25, 0.3) is 5.91 Å². The van der Waals surface area contributed by atoms with Crippen LogP contribution in [0.2, 0.25) is 5.02 Å². The monoisotopic (exact) mass is 500 g/mol. The molecule has 0 unspecified atom stereocenters. The van der Waals surface area contributed by atoms with E-state index in [0.29, 0.717) is 6.07 Å². The molecule has 2 aliphatic carbocycles. The number of alkyl halides is 3. The number of fused-ring (bicyclic) bond motifs is 5. The van der Waals surface area contributed by atoms with Crippen molar-refractivity contribution in [3.63, 3.8) is 0 Å². The smallest absolute Gasteiger partial charge is 0.416 e. The number of amides is 3. The Morgan fingerprint density at radius 1 is 1.15 bits per heavy atom. The van der Waals surface area contributed by atoms with Gasteiger partial charge in [0.05, 0.1) is 28.1 Å². The number of carbonyl (C=O) groups excluding carboxylic acids is 4. The van der Waals surface area contributed by atoms with Gasteiger partial charge in [-0.15, -0.1) is 0 Å². The molecular formula is C23H24ClF3N2O5. The Bertz CT molecular complexity index is 1020. The maximum Gasteiger partial charge on any atom is 0.416 e. The van der Waals surface area contributed by atoms with Gasteiger partial charge in [-0.2, -0.15) is 13.2 Å². The Morgan fingerprint density at radius 3 is 2.26 bits per heavy atom. The van der Waals surface area contributed by atoms with E-state index < -0.39 is 54.0 Å². The van der Waals surface area contributed by atoms with Crippen molar-refractivity contribution in [2.24, 2.45) is 29.6 Å². The molecule has 3 aliphatic rings. The van der Waals surface area contributed by atoms with Crippen molar-refractivity contribution in [1.29, 1.82) is 0 Å². The SMILES string of the molecule is CC(C)[C@H](C(=O)OCC(=O)Nc1cc(C(F)(F)F)ccc1Cl)N1C(=O)[C@@H]2[C@H]3CC[C@@H](C3)[C@@H]2C1=O. The summed E-state index contributed by atoms with van der Waals surface area (Å²) in [5.41, 5.74) is -1.29. The summed E-state index contributed by atoms with van der Waals surface area (Å²) in [5.74, 6) is -3.50. The van der Waals surface area contributed by atoms with E-state index in [0.717, 1.165) is 36.3 Å². The first-order chi connectivity index (χ1) is 15.9. The third-order valence-corrected chi connectivity index (χ3v) is 7.36. The number of imide groups is 1. The third kappa shape index (κ3) is 4.28. The molecule has 3 fully saturated rings. The molecule has 4 rings (SSSR count). The molecule has 1 aliphatic heterocycles. The topological polar surface area (TPSA) is 92.8 Å². The second kappa shape index (κ2) is 8.87. The summed E-state index contributed by atoms with van der Waals surface area (Å²) in [6, 6.07) is 1.26. The molecule has 3 amide bonds. The maximum absolute atomic E-state index is 13.1. The highest BCUT2D eigenvalue weighted by molar-refractivity contribution is 6.33. The van der Waals surface area contributed by atoms with Crippen LogP contribution in [0.25, 0.3) is 0 Å². The van der Waals surface area contributed by atoms with Crippen LogP contribution in [0.15, 0.2) is 18.2 Å². The van der Waals surface area contributed by atoms with Crippen molar-refractivity contribution in [2.75, 3.05) is 11.9 Å². The zero-order valence-corrected chi connectivity index (χ0v) is 19.3. The second-order valence-corrected chi connectivity index (χ2v) is 9.88. The van der Waals surface area contributed by atoms with Crippen LogP contribution in [0.5, 0.6) is 0 Å². The van der Waals surface area contributed by atoms with Crippen molar-refractivity contribution >= 4 is 41.0 Å². The summed E-state index contributed by atoms with van der Waals surface area (Å²) in [6.07, 6.45) is -1.98. The van der Waals surface area contributed by atoms with Gasteiger partial charge in [0, 0.05) is 0 Å². The number of hydrogen-bond donors (Lipinski definition) is 1. The standard InChI is InChI=1S/C23H24ClF3N2O5/c1-10(2)19(29-20(31)17-11-3-4-12(7-11)18(17)21(29)32)22(33)34-9-16(30)28-15-8-13(23(25,26)27)5-6-14(15)24/h5-6,8,10-12,17-19H,3-4,7,9H2,1-2H3,(H,28,30)/t11-,12-,17-,18+,19+/m0/s1. The Labute approximate surface area is 198 Å². The quantitative estimate of drug-likeness (QED) is 0.472. The molecule has 0 radical (unpaired) electrons. The van der Waals surface area contributed by atoms with Gasteiger partial charge in [-0.3, -0.25) is 19.3 Å². The fourth-order valence-corrected chi connectivity index (χ4v) is 5.75. The molecule has 1 saturated heterocycles. The number of benzene rings is 1. The average molecular weight is 501 g/mol. The lowest BCUT2D eigenvalue weighted by molar-refractivity contribution is -0.162. The van der Waals surface area contributed by atoms with Crippen molar-refractivity contribution in [2.45, 2.75) is 45.3 Å². The fraction of sp³-hybridized carbons (Fsp3) is 0.565. The zero-order valence-electron chi connectivity index (χ0n) is 18.5. The summed E-state index contributed by atoms with van der Waals surface area (Å²) in [7, 11) is 0. The molecule has 184 valence electrons. The van der Waals surface area contributed by atoms with Gasteiger partial charge in [0.1, 0.15) is 6.04 Å². The highest BCUT2D eigenvalue weighted by atomic mass is 35.5. The van der Waals surface area contributed by atoms with Gasteiger partial charge in [0.15, 0.2) is 6.61 Å². The summed E-state index contributed by atoms with van der Waals surface area (Å²) in [6.45, 7) is 2.51. The van der Waals surface area contributed by atoms with Crippen LogP contribution in [0.1, 0.15) is 38.7 Å². The summed E-state index contributed by atoms with van der Waals surface area (Å²) in [4.78, 5) is 52.3. The van der Waals surface area contributed by atoms with Crippen molar-refractivity contribution < 1.29 is 37.1 Å². The summed E-state index contributed by atoms with van der Waals surface area (Å²) < 4.78 is 43.8. The molecule has 2 saturated carbocycles. The van der Waals surface area contributed by atoms with E-state index in [1.54, 1.807) is 13.8 Å². The molecule has 5 atom stereocenters. The van der Waals surface area contributed by atoms with Gasteiger partial charge in [-0.1, -0.05) is 25.4 Å². The number of rotatable bonds is 6. The number of nitrogens with one attached hydrogen (secondary N) is 1. The lowest BCUT2D eigenvalue weighted by Crippen LogP contribution is -2.50. The van der Waals surface area contributed by atoms with Crippen molar-refractivity contribution in [3.8, 4) is 0 Å². The first-order valence-corrected chi connectivity index (χ1v) is 11.5. The number of carbonyl (C=O) groups is 4. The van der Waals surface area contributed by atoms with E-state index in [2.05, 4.69) is 5.32 Å². The molecule has 1 aromatic rings. The maximum atomic E-state index is 13.1. The molecule has 11 heteroatoms. The predicted octanol–water partition coefficient (Wildman–Crippen LogP) is 3.90. The molecule has 1 aromatic carbocycles.